The van der Waals surface area contributed by atoms with E-state index in [2.05, 4.69) is 24.0 Å². The van der Waals surface area contributed by atoms with Crippen LogP contribution in [-0.2, 0) is 17.8 Å². The molecule has 0 bridgehead atoms. The van der Waals surface area contributed by atoms with E-state index in [-0.39, 0.29) is 12.7 Å². The van der Waals surface area contributed by atoms with E-state index in [1.54, 1.807) is 0 Å². The summed E-state index contributed by atoms with van der Waals surface area (Å²) in [7, 11) is 0. The molecule has 5 nitrogen and oxygen atoms in total. The van der Waals surface area contributed by atoms with Gasteiger partial charge in [0, 0.05) is 32.7 Å². The number of carbonyl (C=O) groups is 1. The Kier molecular flexibility index (Phi) is 5.23. The molecule has 142 valence electrons. The maximum absolute atomic E-state index is 12.5. The van der Waals surface area contributed by atoms with Crippen molar-refractivity contribution in [1.82, 2.24) is 9.80 Å². The third kappa shape index (κ3) is 4.20. The van der Waals surface area contributed by atoms with Crippen molar-refractivity contribution in [3.63, 3.8) is 0 Å². The Bertz CT molecular complexity index is 830. The topological polar surface area (TPSA) is 42.0 Å². The van der Waals surface area contributed by atoms with Gasteiger partial charge in [0.25, 0.3) is 0 Å². The van der Waals surface area contributed by atoms with Crippen molar-refractivity contribution in [2.75, 3.05) is 33.0 Å². The number of ether oxygens (including phenoxy) is 2. The van der Waals surface area contributed by atoms with Crippen LogP contribution >= 0.6 is 11.6 Å². The van der Waals surface area contributed by atoms with Crippen molar-refractivity contribution in [3.8, 4) is 11.5 Å². The molecule has 0 radical (unpaired) electrons. The van der Waals surface area contributed by atoms with Crippen molar-refractivity contribution in [1.29, 1.82) is 0 Å². The quantitative estimate of drug-likeness (QED) is 0.808. The second kappa shape index (κ2) is 7.79. The van der Waals surface area contributed by atoms with Crippen LogP contribution in [0.1, 0.15) is 16.7 Å². The molecule has 2 aliphatic rings. The van der Waals surface area contributed by atoms with Crippen LogP contribution in [0.25, 0.3) is 0 Å². The molecule has 1 amide bonds. The zero-order valence-corrected chi connectivity index (χ0v) is 16.2. The number of hydrogen-bond donors (Lipinski definition) is 0. The van der Waals surface area contributed by atoms with Crippen molar-refractivity contribution in [3.05, 3.63) is 58.1 Å². The summed E-state index contributed by atoms with van der Waals surface area (Å²) in [6, 6.07) is 12.1. The first kappa shape index (κ1) is 18.1. The van der Waals surface area contributed by atoms with Gasteiger partial charge >= 0.3 is 0 Å². The lowest BCUT2D eigenvalue weighted by Crippen LogP contribution is -2.48. The van der Waals surface area contributed by atoms with Crippen molar-refractivity contribution in [2.45, 2.75) is 19.9 Å². The second-order valence-corrected chi connectivity index (χ2v) is 7.54. The van der Waals surface area contributed by atoms with E-state index in [4.69, 9.17) is 21.1 Å². The molecule has 0 aliphatic carbocycles. The number of halogens is 1. The minimum Gasteiger partial charge on any atom is -0.454 e. The number of fused-ring (bicyclic) bond motifs is 1. The fourth-order valence-electron chi connectivity index (χ4n) is 3.52. The molecule has 1 saturated heterocycles. The van der Waals surface area contributed by atoms with E-state index in [1.165, 1.54) is 5.56 Å². The average molecular weight is 387 g/mol. The van der Waals surface area contributed by atoms with Gasteiger partial charge in [0.05, 0.1) is 11.4 Å². The maximum Gasteiger partial charge on any atom is 0.231 e. The summed E-state index contributed by atoms with van der Waals surface area (Å²) in [6.45, 7) is 6.28. The number of rotatable bonds is 4. The first-order valence-corrected chi connectivity index (χ1v) is 9.60. The van der Waals surface area contributed by atoms with Crippen LogP contribution in [-0.4, -0.2) is 48.7 Å². The molecule has 2 aliphatic heterocycles. The lowest BCUT2D eigenvalue weighted by molar-refractivity contribution is -0.132. The monoisotopic (exact) mass is 386 g/mol. The van der Waals surface area contributed by atoms with Gasteiger partial charge in [-0.25, -0.2) is 0 Å². The highest BCUT2D eigenvalue weighted by Gasteiger charge is 2.23. The highest BCUT2D eigenvalue weighted by molar-refractivity contribution is 6.32. The van der Waals surface area contributed by atoms with E-state index in [0.29, 0.717) is 22.9 Å². The summed E-state index contributed by atoms with van der Waals surface area (Å²) >= 11 is 6.27. The Morgan fingerprint density at radius 1 is 1.04 bits per heavy atom. The Morgan fingerprint density at radius 3 is 2.52 bits per heavy atom. The molecular formula is C21H23ClN2O3. The first-order chi connectivity index (χ1) is 13.1. The molecular weight excluding hydrogens is 364 g/mol. The van der Waals surface area contributed by atoms with E-state index < -0.39 is 0 Å². The van der Waals surface area contributed by atoms with E-state index in [1.807, 2.05) is 29.2 Å². The number of carbonyl (C=O) groups excluding carboxylic acids is 1. The molecule has 4 rings (SSSR count). The Labute approximate surface area is 164 Å². The number of piperazine rings is 1. The van der Waals surface area contributed by atoms with Gasteiger partial charge < -0.3 is 14.4 Å². The van der Waals surface area contributed by atoms with E-state index >= 15 is 0 Å². The van der Waals surface area contributed by atoms with Gasteiger partial charge in [0.1, 0.15) is 0 Å². The fourth-order valence-corrected chi connectivity index (χ4v) is 3.81. The molecule has 0 unspecified atom stereocenters. The van der Waals surface area contributed by atoms with Crippen molar-refractivity contribution in [2.24, 2.45) is 0 Å². The third-order valence-electron chi connectivity index (χ3n) is 5.09. The first-order valence-electron chi connectivity index (χ1n) is 9.22. The largest absolute Gasteiger partial charge is 0.454 e. The third-order valence-corrected chi connectivity index (χ3v) is 5.37. The molecule has 6 heteroatoms. The normalized spacial score (nSPS) is 16.6. The van der Waals surface area contributed by atoms with Crippen molar-refractivity contribution >= 4 is 17.5 Å². The van der Waals surface area contributed by atoms with Gasteiger partial charge in [-0.15, -0.1) is 0 Å². The van der Waals surface area contributed by atoms with Gasteiger partial charge in [0.15, 0.2) is 11.5 Å². The fraction of sp³-hybridized carbons (Fsp3) is 0.381. The van der Waals surface area contributed by atoms with Gasteiger partial charge in [-0.05, 0) is 30.2 Å². The summed E-state index contributed by atoms with van der Waals surface area (Å²) in [5.41, 5.74) is 3.38. The van der Waals surface area contributed by atoms with Crippen LogP contribution < -0.4 is 9.47 Å². The van der Waals surface area contributed by atoms with Gasteiger partial charge in [-0.1, -0.05) is 41.4 Å². The molecule has 0 saturated carbocycles. The summed E-state index contributed by atoms with van der Waals surface area (Å²) in [5.74, 6) is 1.54. The molecule has 1 fully saturated rings. The predicted molar refractivity (Wildman–Crippen MR) is 104 cm³/mol. The Balaban J connectivity index is 1.30. The van der Waals surface area contributed by atoms with Crippen LogP contribution in [0.3, 0.4) is 0 Å². The van der Waals surface area contributed by atoms with E-state index in [9.17, 15) is 4.79 Å². The molecule has 27 heavy (non-hydrogen) atoms. The predicted octanol–water partition coefficient (Wildman–Crippen LogP) is 3.26. The molecule has 2 aromatic rings. The van der Waals surface area contributed by atoms with Crippen LogP contribution in [0.15, 0.2) is 36.4 Å². The lowest BCUT2D eigenvalue weighted by Gasteiger charge is -2.35. The zero-order chi connectivity index (χ0) is 18.8. The molecule has 2 aromatic carbocycles. The number of nitrogens with zero attached hydrogens (tertiary/aromatic N) is 2. The minimum absolute atomic E-state index is 0.199. The Morgan fingerprint density at radius 2 is 1.78 bits per heavy atom. The lowest BCUT2D eigenvalue weighted by atomic mass is 10.1. The van der Waals surface area contributed by atoms with Gasteiger partial charge in [-0.2, -0.15) is 0 Å². The number of aryl methyl sites for hydroxylation is 1. The van der Waals surface area contributed by atoms with Crippen LogP contribution in [0.4, 0.5) is 0 Å². The summed E-state index contributed by atoms with van der Waals surface area (Å²) < 4.78 is 10.8. The molecule has 0 aromatic heterocycles. The van der Waals surface area contributed by atoms with Crippen LogP contribution in [0, 0.1) is 6.92 Å². The number of benzene rings is 2. The van der Waals surface area contributed by atoms with Crippen LogP contribution in [0.2, 0.25) is 5.02 Å². The Hall–Kier alpha value is -2.24. The smallest absolute Gasteiger partial charge is 0.231 e. The zero-order valence-electron chi connectivity index (χ0n) is 15.4. The minimum atomic E-state index is 0.199. The van der Waals surface area contributed by atoms with Crippen LogP contribution in [0.5, 0.6) is 11.5 Å². The average Bonchev–Trinajstić information content (AvgIpc) is 3.13. The summed E-state index contributed by atoms with van der Waals surface area (Å²) in [5, 5.41) is 0.590. The summed E-state index contributed by atoms with van der Waals surface area (Å²) in [4.78, 5) is 16.8. The van der Waals surface area contributed by atoms with E-state index in [0.717, 1.165) is 43.9 Å². The van der Waals surface area contributed by atoms with Gasteiger partial charge in [-0.3, -0.25) is 9.69 Å². The standard InChI is InChI=1S/C21H23ClN2O3/c1-15-2-4-16(5-3-15)12-20(25)24-8-6-23(7-9-24)13-17-10-18(22)21-19(11-17)26-14-27-21/h2-5,10-11H,6-9,12-14H2,1H3. The van der Waals surface area contributed by atoms with Crippen molar-refractivity contribution < 1.29 is 14.3 Å². The number of hydrogen-bond acceptors (Lipinski definition) is 4. The molecule has 0 spiro atoms. The highest BCUT2D eigenvalue weighted by Crippen LogP contribution is 2.40. The highest BCUT2D eigenvalue weighted by atomic mass is 35.5. The second-order valence-electron chi connectivity index (χ2n) is 7.13. The summed E-state index contributed by atoms with van der Waals surface area (Å²) in [6.07, 6.45) is 0.470. The molecule has 0 N–H and O–H groups in total. The maximum atomic E-state index is 12.5. The number of amides is 1. The molecule has 0 atom stereocenters. The SMILES string of the molecule is Cc1ccc(CC(=O)N2CCN(Cc3cc(Cl)c4c(c3)OCO4)CC2)cc1. The molecule has 2 heterocycles. The van der Waals surface area contributed by atoms with Gasteiger partial charge in [0.2, 0.25) is 12.7 Å².